The lowest BCUT2D eigenvalue weighted by molar-refractivity contribution is -0.115. The van der Waals surface area contributed by atoms with E-state index in [0.29, 0.717) is 16.3 Å². The maximum Gasteiger partial charge on any atom is 0.239 e. The maximum atomic E-state index is 12.1. The standard InChI is InChI=1S/C19H17ClN2O3S/c20-17-7-3-4-14(10-17)13-26(24,25)21-12-19(23)22-18-9-8-15-5-1-2-6-16(15)11-18/h1-11,21H,12-13H2,(H,22,23). The average Bonchev–Trinajstić information content (AvgIpc) is 2.60. The molecule has 0 saturated heterocycles. The van der Waals surface area contributed by atoms with Gasteiger partial charge in [0.05, 0.1) is 12.3 Å². The number of hydrogen-bond acceptors (Lipinski definition) is 3. The first-order chi connectivity index (χ1) is 12.4. The van der Waals surface area contributed by atoms with Crippen molar-refractivity contribution in [1.82, 2.24) is 4.72 Å². The Hall–Kier alpha value is -2.41. The first-order valence-electron chi connectivity index (χ1n) is 7.92. The Labute approximate surface area is 157 Å². The fraction of sp³-hybridized carbons (Fsp3) is 0.105. The number of hydrogen-bond donors (Lipinski definition) is 2. The van der Waals surface area contributed by atoms with Crippen LogP contribution >= 0.6 is 11.6 Å². The molecule has 134 valence electrons. The van der Waals surface area contributed by atoms with E-state index in [1.807, 2.05) is 36.4 Å². The van der Waals surface area contributed by atoms with Gasteiger partial charge in [0.25, 0.3) is 0 Å². The molecule has 0 aromatic heterocycles. The summed E-state index contributed by atoms with van der Waals surface area (Å²) in [5.41, 5.74) is 1.17. The van der Waals surface area contributed by atoms with Gasteiger partial charge in [-0.2, -0.15) is 0 Å². The number of fused-ring (bicyclic) bond motifs is 1. The van der Waals surface area contributed by atoms with Gasteiger partial charge in [-0.15, -0.1) is 0 Å². The van der Waals surface area contributed by atoms with Crippen LogP contribution in [0.15, 0.2) is 66.7 Å². The molecule has 3 rings (SSSR count). The Balaban J connectivity index is 1.58. The highest BCUT2D eigenvalue weighted by molar-refractivity contribution is 7.88. The number of carbonyl (C=O) groups excluding carboxylic acids is 1. The van der Waals surface area contributed by atoms with Gasteiger partial charge >= 0.3 is 0 Å². The van der Waals surface area contributed by atoms with Crippen LogP contribution in [-0.4, -0.2) is 20.9 Å². The lowest BCUT2D eigenvalue weighted by Gasteiger charge is -2.09. The third kappa shape index (κ3) is 5.05. The SMILES string of the molecule is O=C(CNS(=O)(=O)Cc1cccc(Cl)c1)Nc1ccc2ccccc2c1. The average molecular weight is 389 g/mol. The van der Waals surface area contributed by atoms with Crippen LogP contribution in [0.3, 0.4) is 0 Å². The van der Waals surface area contributed by atoms with Crippen LogP contribution in [-0.2, 0) is 20.6 Å². The molecular weight excluding hydrogens is 372 g/mol. The molecule has 0 spiro atoms. The minimum atomic E-state index is -3.64. The van der Waals surface area contributed by atoms with Gasteiger partial charge in [-0.25, -0.2) is 13.1 Å². The second-order valence-corrected chi connectivity index (χ2v) is 8.06. The van der Waals surface area contributed by atoms with Crippen molar-refractivity contribution in [1.29, 1.82) is 0 Å². The van der Waals surface area contributed by atoms with E-state index in [9.17, 15) is 13.2 Å². The number of halogens is 1. The fourth-order valence-corrected chi connectivity index (χ4v) is 3.83. The van der Waals surface area contributed by atoms with Crippen LogP contribution in [0.25, 0.3) is 10.8 Å². The van der Waals surface area contributed by atoms with Crippen molar-refractivity contribution < 1.29 is 13.2 Å². The third-order valence-corrected chi connectivity index (χ3v) is 5.26. The second kappa shape index (κ2) is 7.86. The number of anilines is 1. The zero-order valence-corrected chi connectivity index (χ0v) is 15.3. The minimum Gasteiger partial charge on any atom is -0.325 e. The Kier molecular flexibility index (Phi) is 5.56. The van der Waals surface area contributed by atoms with Gasteiger partial charge in [0.2, 0.25) is 15.9 Å². The Morgan fingerprint density at radius 2 is 1.69 bits per heavy atom. The van der Waals surface area contributed by atoms with E-state index >= 15 is 0 Å². The van der Waals surface area contributed by atoms with Crippen LogP contribution in [0.2, 0.25) is 5.02 Å². The summed E-state index contributed by atoms with van der Waals surface area (Å²) in [6.07, 6.45) is 0. The number of amides is 1. The summed E-state index contributed by atoms with van der Waals surface area (Å²) in [6.45, 7) is -0.338. The molecular formula is C19H17ClN2O3S. The van der Waals surface area contributed by atoms with Gasteiger partial charge in [0.1, 0.15) is 0 Å². The van der Waals surface area contributed by atoms with E-state index in [2.05, 4.69) is 10.0 Å². The fourth-order valence-electron chi connectivity index (χ4n) is 2.54. The number of nitrogens with one attached hydrogen (secondary N) is 2. The molecule has 2 N–H and O–H groups in total. The Bertz CT molecular complexity index is 1050. The monoisotopic (exact) mass is 388 g/mol. The normalized spacial score (nSPS) is 11.4. The largest absolute Gasteiger partial charge is 0.325 e. The number of sulfonamides is 1. The number of benzene rings is 3. The molecule has 0 fully saturated rings. The van der Waals surface area contributed by atoms with Gasteiger partial charge < -0.3 is 5.32 Å². The lowest BCUT2D eigenvalue weighted by Crippen LogP contribution is -2.33. The predicted octanol–water partition coefficient (Wildman–Crippen LogP) is 3.55. The zero-order valence-electron chi connectivity index (χ0n) is 13.8. The highest BCUT2D eigenvalue weighted by Crippen LogP contribution is 2.18. The molecule has 26 heavy (non-hydrogen) atoms. The van der Waals surface area contributed by atoms with Crippen molar-refractivity contribution in [2.45, 2.75) is 5.75 Å². The second-order valence-electron chi connectivity index (χ2n) is 5.82. The van der Waals surface area contributed by atoms with Gasteiger partial charge in [-0.1, -0.05) is 54.1 Å². The summed E-state index contributed by atoms with van der Waals surface area (Å²) in [5.74, 6) is -0.675. The maximum absolute atomic E-state index is 12.1. The van der Waals surface area contributed by atoms with Crippen molar-refractivity contribution in [3.8, 4) is 0 Å². The van der Waals surface area contributed by atoms with Crippen LogP contribution in [0.4, 0.5) is 5.69 Å². The summed E-state index contributed by atoms with van der Waals surface area (Å²) in [7, 11) is -3.64. The first-order valence-corrected chi connectivity index (χ1v) is 9.95. The summed E-state index contributed by atoms with van der Waals surface area (Å²) < 4.78 is 26.5. The van der Waals surface area contributed by atoms with Crippen LogP contribution in [0.1, 0.15) is 5.56 Å². The summed E-state index contributed by atoms with van der Waals surface area (Å²) in [5, 5.41) is 5.21. The van der Waals surface area contributed by atoms with Gasteiger partial charge in [0.15, 0.2) is 0 Å². The van der Waals surface area contributed by atoms with Gasteiger partial charge in [0, 0.05) is 10.7 Å². The molecule has 0 bridgehead atoms. The highest BCUT2D eigenvalue weighted by atomic mass is 35.5. The molecule has 7 heteroatoms. The summed E-state index contributed by atoms with van der Waals surface area (Å²) in [4.78, 5) is 12.0. The molecule has 0 aliphatic carbocycles. The number of carbonyl (C=O) groups is 1. The van der Waals surface area contributed by atoms with E-state index in [4.69, 9.17) is 11.6 Å². The topological polar surface area (TPSA) is 75.3 Å². The van der Waals surface area contributed by atoms with Crippen molar-refractivity contribution in [3.05, 3.63) is 77.3 Å². The van der Waals surface area contributed by atoms with Crippen LogP contribution < -0.4 is 10.0 Å². The Morgan fingerprint density at radius 1 is 0.923 bits per heavy atom. The first kappa shape index (κ1) is 18.4. The molecule has 0 heterocycles. The van der Waals surface area contributed by atoms with E-state index < -0.39 is 15.9 Å². The quantitative estimate of drug-likeness (QED) is 0.678. The van der Waals surface area contributed by atoms with E-state index in [1.165, 1.54) is 0 Å². The molecule has 3 aromatic rings. The molecule has 0 atom stereocenters. The van der Waals surface area contributed by atoms with Crippen molar-refractivity contribution >= 4 is 44.0 Å². The molecule has 0 radical (unpaired) electrons. The molecule has 1 amide bonds. The Morgan fingerprint density at radius 3 is 2.46 bits per heavy atom. The predicted molar refractivity (Wildman–Crippen MR) is 105 cm³/mol. The van der Waals surface area contributed by atoms with Gasteiger partial charge in [-0.3, -0.25) is 4.79 Å². The van der Waals surface area contributed by atoms with Crippen LogP contribution in [0, 0.1) is 0 Å². The zero-order chi connectivity index (χ0) is 18.6. The molecule has 0 saturated carbocycles. The molecule has 0 aliphatic rings. The van der Waals surface area contributed by atoms with E-state index in [0.717, 1.165) is 10.8 Å². The highest BCUT2D eigenvalue weighted by Gasteiger charge is 2.14. The lowest BCUT2D eigenvalue weighted by atomic mass is 10.1. The van der Waals surface area contributed by atoms with Crippen molar-refractivity contribution in [2.24, 2.45) is 0 Å². The minimum absolute atomic E-state index is 0.239. The van der Waals surface area contributed by atoms with E-state index in [-0.39, 0.29) is 12.3 Å². The summed E-state index contributed by atoms with van der Waals surface area (Å²) in [6, 6.07) is 19.9. The molecule has 5 nitrogen and oxygen atoms in total. The third-order valence-electron chi connectivity index (χ3n) is 3.73. The smallest absolute Gasteiger partial charge is 0.239 e. The van der Waals surface area contributed by atoms with Crippen molar-refractivity contribution in [3.63, 3.8) is 0 Å². The van der Waals surface area contributed by atoms with Gasteiger partial charge in [-0.05, 0) is 40.6 Å². The molecule has 0 unspecified atom stereocenters. The number of rotatable bonds is 6. The van der Waals surface area contributed by atoms with E-state index in [1.54, 1.807) is 30.3 Å². The molecule has 3 aromatic carbocycles. The van der Waals surface area contributed by atoms with Crippen LogP contribution in [0.5, 0.6) is 0 Å². The summed E-state index contributed by atoms with van der Waals surface area (Å²) >= 11 is 5.85. The van der Waals surface area contributed by atoms with Crippen molar-refractivity contribution in [2.75, 3.05) is 11.9 Å². The molecule has 0 aliphatic heterocycles.